The first kappa shape index (κ1) is 18.3. The molecule has 0 saturated carbocycles. The van der Waals surface area contributed by atoms with Gasteiger partial charge in [-0.2, -0.15) is 0 Å². The highest BCUT2D eigenvalue weighted by Crippen LogP contribution is 2.24. The Labute approximate surface area is 158 Å². The van der Waals surface area contributed by atoms with Gasteiger partial charge in [0.1, 0.15) is 0 Å². The van der Waals surface area contributed by atoms with Crippen LogP contribution in [0.1, 0.15) is 23.1 Å². The monoisotopic (exact) mass is 371 g/mol. The van der Waals surface area contributed by atoms with Gasteiger partial charge < -0.3 is 15.5 Å². The Kier molecular flexibility index (Phi) is 5.18. The molecule has 0 bridgehead atoms. The smallest absolute Gasteiger partial charge is 0.319 e. The van der Waals surface area contributed by atoms with E-state index in [2.05, 4.69) is 10.6 Å². The number of nitrogens with zero attached hydrogens (tertiary/aromatic N) is 1. The molecule has 2 N–H and O–H groups in total. The largest absolute Gasteiger partial charge is 0.333 e. The molecule has 0 spiro atoms. The van der Waals surface area contributed by atoms with Crippen LogP contribution in [0.4, 0.5) is 16.2 Å². The van der Waals surface area contributed by atoms with Crippen LogP contribution in [0.2, 0.25) is 5.02 Å². The lowest BCUT2D eigenvalue weighted by Crippen LogP contribution is -2.39. The van der Waals surface area contributed by atoms with E-state index in [-0.39, 0.29) is 24.4 Å². The van der Waals surface area contributed by atoms with Crippen molar-refractivity contribution < 1.29 is 9.59 Å². The summed E-state index contributed by atoms with van der Waals surface area (Å²) in [6.45, 7) is 6.42. The summed E-state index contributed by atoms with van der Waals surface area (Å²) in [5.41, 5.74) is 4.76. The van der Waals surface area contributed by atoms with Gasteiger partial charge in [-0.15, -0.1) is 0 Å². The van der Waals surface area contributed by atoms with Gasteiger partial charge in [0.2, 0.25) is 5.91 Å². The van der Waals surface area contributed by atoms with Crippen LogP contribution in [0, 0.1) is 20.8 Å². The number of hydrogen-bond donors (Lipinski definition) is 2. The summed E-state index contributed by atoms with van der Waals surface area (Å²) < 4.78 is 0. The number of urea groups is 1. The van der Waals surface area contributed by atoms with E-state index >= 15 is 0 Å². The lowest BCUT2D eigenvalue weighted by Gasteiger charge is -2.18. The van der Waals surface area contributed by atoms with Crippen molar-refractivity contribution in [3.63, 3.8) is 0 Å². The van der Waals surface area contributed by atoms with Gasteiger partial charge in [-0.1, -0.05) is 23.7 Å². The van der Waals surface area contributed by atoms with E-state index in [1.807, 2.05) is 45.0 Å². The van der Waals surface area contributed by atoms with E-state index in [9.17, 15) is 9.59 Å². The van der Waals surface area contributed by atoms with E-state index in [1.165, 1.54) is 5.56 Å². The zero-order valence-corrected chi connectivity index (χ0v) is 15.9. The van der Waals surface area contributed by atoms with Crippen LogP contribution < -0.4 is 15.5 Å². The Morgan fingerprint density at radius 2 is 1.81 bits per heavy atom. The maximum atomic E-state index is 12.3. The number of benzene rings is 2. The summed E-state index contributed by atoms with van der Waals surface area (Å²) in [5, 5.41) is 6.22. The number of halogens is 1. The van der Waals surface area contributed by atoms with Crippen LogP contribution in [-0.2, 0) is 4.79 Å². The molecule has 0 aromatic heterocycles. The highest BCUT2D eigenvalue weighted by molar-refractivity contribution is 6.31. The number of carbonyl (C=O) groups excluding carboxylic acids is 2. The second-order valence-corrected chi connectivity index (χ2v) is 7.14. The lowest BCUT2D eigenvalue weighted by atomic mass is 10.1. The zero-order chi connectivity index (χ0) is 18.8. The van der Waals surface area contributed by atoms with Crippen LogP contribution in [0.25, 0.3) is 0 Å². The van der Waals surface area contributed by atoms with E-state index < -0.39 is 0 Å². The third-order valence-electron chi connectivity index (χ3n) is 4.69. The van der Waals surface area contributed by atoms with Crippen molar-refractivity contribution in [3.05, 3.63) is 58.1 Å². The third kappa shape index (κ3) is 3.99. The highest BCUT2D eigenvalue weighted by atomic mass is 35.5. The molecule has 2 aromatic carbocycles. The first-order valence-electron chi connectivity index (χ1n) is 8.55. The molecule has 3 amide bonds. The molecule has 0 radical (unpaired) electrons. The molecule has 0 aliphatic carbocycles. The number of carbonyl (C=O) groups is 2. The van der Waals surface area contributed by atoms with Gasteiger partial charge in [-0.3, -0.25) is 4.79 Å². The molecule has 26 heavy (non-hydrogen) atoms. The van der Waals surface area contributed by atoms with Crippen molar-refractivity contribution in [3.8, 4) is 0 Å². The van der Waals surface area contributed by atoms with E-state index in [1.54, 1.807) is 17.0 Å². The average Bonchev–Trinajstić information content (AvgIpc) is 2.93. The summed E-state index contributed by atoms with van der Waals surface area (Å²) >= 11 is 6.07. The highest BCUT2D eigenvalue weighted by Gasteiger charge is 2.31. The van der Waals surface area contributed by atoms with E-state index in [0.29, 0.717) is 17.3 Å². The number of aryl methyl sites for hydroxylation is 3. The molecule has 6 heteroatoms. The van der Waals surface area contributed by atoms with Crippen molar-refractivity contribution in [2.45, 2.75) is 33.2 Å². The summed E-state index contributed by atoms with van der Waals surface area (Å²) in [6, 6.07) is 10.7. The number of hydrogen-bond acceptors (Lipinski definition) is 2. The van der Waals surface area contributed by atoms with Gasteiger partial charge >= 0.3 is 6.03 Å². The van der Waals surface area contributed by atoms with E-state index in [0.717, 1.165) is 16.8 Å². The van der Waals surface area contributed by atoms with Gasteiger partial charge in [-0.05, 0) is 61.7 Å². The first-order chi connectivity index (χ1) is 12.3. The molecule has 1 aliphatic heterocycles. The predicted molar refractivity (Wildman–Crippen MR) is 105 cm³/mol. The van der Waals surface area contributed by atoms with Crippen LogP contribution in [0.5, 0.6) is 0 Å². The van der Waals surface area contributed by atoms with Gasteiger partial charge in [-0.25, -0.2) is 4.79 Å². The molecular formula is C20H22ClN3O2. The van der Waals surface area contributed by atoms with Crippen molar-refractivity contribution >= 4 is 34.9 Å². The summed E-state index contributed by atoms with van der Waals surface area (Å²) in [6.07, 6.45) is 0.287. The molecule has 2 aromatic rings. The summed E-state index contributed by atoms with van der Waals surface area (Å²) in [7, 11) is 0. The Balaban J connectivity index is 1.62. The lowest BCUT2D eigenvalue weighted by molar-refractivity contribution is -0.117. The van der Waals surface area contributed by atoms with Crippen LogP contribution in [0.3, 0.4) is 0 Å². The molecule has 1 aliphatic rings. The van der Waals surface area contributed by atoms with Crippen LogP contribution >= 0.6 is 11.6 Å². The number of anilines is 2. The van der Waals surface area contributed by atoms with Gasteiger partial charge in [0.15, 0.2) is 0 Å². The molecule has 1 fully saturated rings. The molecule has 0 unspecified atom stereocenters. The molecule has 3 rings (SSSR count). The summed E-state index contributed by atoms with van der Waals surface area (Å²) in [4.78, 5) is 26.3. The summed E-state index contributed by atoms with van der Waals surface area (Å²) in [5.74, 6) is 0.0110. The fourth-order valence-electron chi connectivity index (χ4n) is 2.97. The maximum absolute atomic E-state index is 12.3. The topological polar surface area (TPSA) is 61.4 Å². The SMILES string of the molecule is Cc1ccc(N2C[C@H](NC(=O)Nc3ccc(C)c(Cl)c3)CC2=O)cc1C. The van der Waals surface area contributed by atoms with Crippen LogP contribution in [0.15, 0.2) is 36.4 Å². The molecule has 136 valence electrons. The van der Waals surface area contributed by atoms with Gasteiger partial charge in [0.25, 0.3) is 0 Å². The Morgan fingerprint density at radius 3 is 2.50 bits per heavy atom. The molecule has 1 heterocycles. The average molecular weight is 372 g/mol. The zero-order valence-electron chi connectivity index (χ0n) is 15.1. The second kappa shape index (κ2) is 7.38. The Morgan fingerprint density at radius 1 is 1.08 bits per heavy atom. The van der Waals surface area contributed by atoms with Crippen molar-refractivity contribution in [1.29, 1.82) is 0 Å². The minimum Gasteiger partial charge on any atom is -0.333 e. The second-order valence-electron chi connectivity index (χ2n) is 6.74. The predicted octanol–water partition coefficient (Wildman–Crippen LogP) is 4.19. The Bertz CT molecular complexity index is 866. The third-order valence-corrected chi connectivity index (χ3v) is 5.10. The fraction of sp³-hybridized carbons (Fsp3) is 0.300. The molecule has 5 nitrogen and oxygen atoms in total. The van der Waals surface area contributed by atoms with E-state index in [4.69, 9.17) is 11.6 Å². The molecular weight excluding hydrogens is 350 g/mol. The molecule has 1 saturated heterocycles. The van der Waals surface area contributed by atoms with Crippen molar-refractivity contribution in [2.75, 3.05) is 16.8 Å². The number of amides is 3. The Hall–Kier alpha value is -2.53. The maximum Gasteiger partial charge on any atom is 0.319 e. The van der Waals surface area contributed by atoms with Crippen molar-refractivity contribution in [2.24, 2.45) is 0 Å². The number of nitrogens with one attached hydrogen (secondary N) is 2. The van der Waals surface area contributed by atoms with Crippen LogP contribution in [-0.4, -0.2) is 24.5 Å². The quantitative estimate of drug-likeness (QED) is 0.849. The normalized spacial score (nSPS) is 16.7. The standard InChI is InChI=1S/C20H22ClN3O2/c1-12-5-7-17(8-14(12)3)24-11-16(10-19(24)25)23-20(26)22-15-6-4-13(2)18(21)9-15/h4-9,16H,10-11H2,1-3H3,(H2,22,23,26)/t16-/m1/s1. The van der Waals surface area contributed by atoms with Gasteiger partial charge in [0.05, 0.1) is 6.04 Å². The van der Waals surface area contributed by atoms with Crippen molar-refractivity contribution in [1.82, 2.24) is 5.32 Å². The fourth-order valence-corrected chi connectivity index (χ4v) is 3.15. The van der Waals surface area contributed by atoms with Gasteiger partial charge in [0, 0.05) is 29.4 Å². The molecule has 1 atom stereocenters. The number of rotatable bonds is 3. The minimum atomic E-state index is -0.343. The minimum absolute atomic E-state index is 0.0110. The first-order valence-corrected chi connectivity index (χ1v) is 8.92.